The zero-order valence-corrected chi connectivity index (χ0v) is 10.2. The van der Waals surface area contributed by atoms with E-state index in [1.165, 1.54) is 47.9 Å². The molecule has 3 rings (SSSR count). The number of aryl methyl sites for hydroxylation is 3. The van der Waals surface area contributed by atoms with Gasteiger partial charge >= 0.3 is 0 Å². The molecule has 17 heavy (non-hydrogen) atoms. The second-order valence-electron chi connectivity index (χ2n) is 4.91. The van der Waals surface area contributed by atoms with Crippen LogP contribution in [-0.2, 0) is 12.8 Å². The first kappa shape index (κ1) is 10.5. The molecule has 0 atom stereocenters. The van der Waals surface area contributed by atoms with Gasteiger partial charge in [-0.3, -0.25) is 4.98 Å². The van der Waals surface area contributed by atoms with Gasteiger partial charge in [-0.2, -0.15) is 0 Å². The predicted octanol–water partition coefficient (Wildman–Crippen LogP) is 3.94. The number of hydrogen-bond acceptors (Lipinski definition) is 1. The third-order valence-corrected chi connectivity index (χ3v) is 3.57. The first-order valence-electron chi connectivity index (χ1n) is 6.38. The molecule has 0 aliphatic heterocycles. The van der Waals surface area contributed by atoms with Gasteiger partial charge in [-0.05, 0) is 49.8 Å². The van der Waals surface area contributed by atoms with Crippen molar-refractivity contribution in [3.05, 3.63) is 53.2 Å². The minimum absolute atomic E-state index is 1.12. The van der Waals surface area contributed by atoms with Crippen molar-refractivity contribution in [2.75, 3.05) is 0 Å². The number of rotatable bonds is 1. The second kappa shape index (κ2) is 4.33. The first-order chi connectivity index (χ1) is 8.33. The summed E-state index contributed by atoms with van der Waals surface area (Å²) < 4.78 is 0. The molecule has 1 aromatic carbocycles. The summed E-state index contributed by atoms with van der Waals surface area (Å²) in [5, 5.41) is 0. The first-order valence-corrected chi connectivity index (χ1v) is 6.38. The summed E-state index contributed by atoms with van der Waals surface area (Å²) >= 11 is 0. The Morgan fingerprint density at radius 1 is 0.941 bits per heavy atom. The van der Waals surface area contributed by atoms with E-state index in [2.05, 4.69) is 48.4 Å². The average molecular weight is 223 g/mol. The lowest BCUT2D eigenvalue weighted by molar-refractivity contribution is 0.682. The number of aromatic nitrogens is 1. The van der Waals surface area contributed by atoms with Gasteiger partial charge < -0.3 is 0 Å². The van der Waals surface area contributed by atoms with Crippen LogP contribution in [0.1, 0.15) is 29.5 Å². The van der Waals surface area contributed by atoms with E-state index >= 15 is 0 Å². The lowest BCUT2D eigenvalue weighted by atomic mass is 9.92. The van der Waals surface area contributed by atoms with Gasteiger partial charge in [0.1, 0.15) is 0 Å². The Kier molecular flexibility index (Phi) is 2.68. The minimum atomic E-state index is 1.12. The van der Waals surface area contributed by atoms with E-state index in [0.29, 0.717) is 0 Å². The summed E-state index contributed by atoms with van der Waals surface area (Å²) in [5.74, 6) is 0. The van der Waals surface area contributed by atoms with Crippen LogP contribution in [0, 0.1) is 6.92 Å². The number of nitrogens with zero attached hydrogens (tertiary/aromatic N) is 1. The van der Waals surface area contributed by atoms with E-state index in [9.17, 15) is 0 Å². The average Bonchev–Trinajstić information content (AvgIpc) is 2.39. The number of hydrogen-bond donors (Lipinski definition) is 0. The molecule has 1 heterocycles. The van der Waals surface area contributed by atoms with E-state index in [0.717, 1.165) is 5.69 Å². The van der Waals surface area contributed by atoms with Crippen molar-refractivity contribution >= 4 is 0 Å². The largest absolute Gasteiger partial charge is 0.256 e. The van der Waals surface area contributed by atoms with Crippen molar-refractivity contribution in [2.24, 2.45) is 0 Å². The van der Waals surface area contributed by atoms with Gasteiger partial charge in [0.25, 0.3) is 0 Å². The van der Waals surface area contributed by atoms with Crippen LogP contribution in [0.5, 0.6) is 0 Å². The topological polar surface area (TPSA) is 12.9 Å². The number of benzene rings is 1. The number of fused-ring (bicyclic) bond motifs is 1. The minimum Gasteiger partial charge on any atom is -0.256 e. The fourth-order valence-corrected chi connectivity index (χ4v) is 2.50. The van der Waals surface area contributed by atoms with Crippen LogP contribution < -0.4 is 0 Å². The van der Waals surface area contributed by atoms with Crippen LogP contribution in [0.2, 0.25) is 0 Å². The Labute approximate surface area is 103 Å². The Morgan fingerprint density at radius 3 is 2.41 bits per heavy atom. The normalized spacial score (nSPS) is 14.4. The van der Waals surface area contributed by atoms with Crippen molar-refractivity contribution < 1.29 is 0 Å². The van der Waals surface area contributed by atoms with Gasteiger partial charge in [0.05, 0.1) is 5.69 Å². The molecule has 0 radical (unpaired) electrons. The predicted molar refractivity (Wildman–Crippen MR) is 71.1 cm³/mol. The fraction of sp³-hybridized carbons (Fsp3) is 0.312. The SMILES string of the molecule is Cc1ccc(-c2cc3c(cn2)CCCC3)cc1. The molecular formula is C16H17N. The molecule has 1 aliphatic carbocycles. The van der Waals surface area contributed by atoms with Crippen molar-refractivity contribution in [1.29, 1.82) is 0 Å². The molecule has 0 saturated carbocycles. The summed E-state index contributed by atoms with van der Waals surface area (Å²) in [7, 11) is 0. The monoisotopic (exact) mass is 223 g/mol. The summed E-state index contributed by atoms with van der Waals surface area (Å²) in [6.45, 7) is 2.12. The van der Waals surface area contributed by atoms with Gasteiger partial charge in [0, 0.05) is 11.8 Å². The van der Waals surface area contributed by atoms with Crippen molar-refractivity contribution in [3.8, 4) is 11.3 Å². The lowest BCUT2D eigenvalue weighted by Gasteiger charge is -2.15. The number of pyridine rings is 1. The highest BCUT2D eigenvalue weighted by molar-refractivity contribution is 5.60. The smallest absolute Gasteiger partial charge is 0.0704 e. The zero-order valence-electron chi connectivity index (χ0n) is 10.2. The van der Waals surface area contributed by atoms with Crippen LogP contribution in [0.25, 0.3) is 11.3 Å². The molecule has 0 spiro atoms. The molecule has 1 aliphatic rings. The highest BCUT2D eigenvalue weighted by Crippen LogP contribution is 2.25. The summed E-state index contributed by atoms with van der Waals surface area (Å²) in [6.07, 6.45) is 7.14. The van der Waals surface area contributed by atoms with E-state index in [4.69, 9.17) is 0 Å². The zero-order chi connectivity index (χ0) is 11.7. The maximum Gasteiger partial charge on any atom is 0.0704 e. The molecule has 86 valence electrons. The van der Waals surface area contributed by atoms with Crippen LogP contribution in [0.3, 0.4) is 0 Å². The Hall–Kier alpha value is -1.63. The second-order valence-corrected chi connectivity index (χ2v) is 4.91. The lowest BCUT2D eigenvalue weighted by Crippen LogP contribution is -2.03. The van der Waals surface area contributed by atoms with Gasteiger partial charge in [-0.1, -0.05) is 29.8 Å². The summed E-state index contributed by atoms with van der Waals surface area (Å²) in [6, 6.07) is 10.9. The maximum absolute atomic E-state index is 4.59. The molecule has 1 nitrogen and oxygen atoms in total. The fourth-order valence-electron chi connectivity index (χ4n) is 2.50. The van der Waals surface area contributed by atoms with E-state index in [1.807, 2.05) is 0 Å². The van der Waals surface area contributed by atoms with E-state index in [-0.39, 0.29) is 0 Å². The summed E-state index contributed by atoms with van der Waals surface area (Å²) in [4.78, 5) is 4.59. The third-order valence-electron chi connectivity index (χ3n) is 3.57. The van der Waals surface area contributed by atoms with E-state index in [1.54, 1.807) is 0 Å². The molecule has 0 fully saturated rings. The van der Waals surface area contributed by atoms with Crippen LogP contribution in [0.4, 0.5) is 0 Å². The quantitative estimate of drug-likeness (QED) is 0.713. The van der Waals surface area contributed by atoms with Crippen molar-refractivity contribution in [2.45, 2.75) is 32.6 Å². The maximum atomic E-state index is 4.59. The molecule has 1 heteroatoms. The van der Waals surface area contributed by atoms with Crippen LogP contribution in [0.15, 0.2) is 36.5 Å². The van der Waals surface area contributed by atoms with Crippen LogP contribution in [-0.4, -0.2) is 4.98 Å². The highest BCUT2D eigenvalue weighted by atomic mass is 14.7. The standard InChI is InChI=1S/C16H17N/c1-12-6-8-13(9-7-12)16-10-14-4-2-3-5-15(14)11-17-16/h6-11H,2-5H2,1H3. The molecule has 0 bridgehead atoms. The molecule has 0 saturated heterocycles. The van der Waals surface area contributed by atoms with Crippen molar-refractivity contribution in [1.82, 2.24) is 4.98 Å². The third kappa shape index (κ3) is 2.10. The van der Waals surface area contributed by atoms with Gasteiger partial charge in [-0.15, -0.1) is 0 Å². The molecule has 0 N–H and O–H groups in total. The highest BCUT2D eigenvalue weighted by Gasteiger charge is 2.10. The Balaban J connectivity index is 2.01. The van der Waals surface area contributed by atoms with E-state index < -0.39 is 0 Å². The molecule has 0 unspecified atom stereocenters. The Morgan fingerprint density at radius 2 is 1.65 bits per heavy atom. The molecule has 2 aromatic rings. The van der Waals surface area contributed by atoms with Crippen molar-refractivity contribution in [3.63, 3.8) is 0 Å². The van der Waals surface area contributed by atoms with Gasteiger partial charge in [0.15, 0.2) is 0 Å². The summed E-state index contributed by atoms with van der Waals surface area (Å²) in [5.41, 5.74) is 6.59. The van der Waals surface area contributed by atoms with Gasteiger partial charge in [-0.25, -0.2) is 0 Å². The molecular weight excluding hydrogens is 206 g/mol. The Bertz CT molecular complexity index is 526. The molecule has 1 aromatic heterocycles. The van der Waals surface area contributed by atoms with Gasteiger partial charge in [0.2, 0.25) is 0 Å². The molecule has 0 amide bonds. The van der Waals surface area contributed by atoms with Crippen LogP contribution >= 0.6 is 0 Å².